The second-order valence-electron chi connectivity index (χ2n) is 0.674. The zero-order valence-electron chi connectivity index (χ0n) is 6.80. The minimum Gasteiger partial charge on any atom is -0.759 e. The van der Waals surface area contributed by atoms with Crippen LogP contribution in [0.25, 0.3) is 0 Å². The average molecular weight is 258 g/mol. The second-order valence-corrected chi connectivity index (χ2v) is 1.49. The Hall–Kier alpha value is 3.41. The molecule has 0 amide bonds. The molecular weight excluding hydrogens is 257 g/mol. The summed E-state index contributed by atoms with van der Waals surface area (Å²) < 4.78 is 34.1. The minimum atomic E-state index is -5.17. The monoisotopic (exact) mass is 258 g/mol. The van der Waals surface area contributed by atoms with Crippen molar-refractivity contribution in [2.45, 2.75) is 0 Å². The molecule has 11 heteroatoms. The van der Waals surface area contributed by atoms with Crippen molar-refractivity contribution in [1.82, 2.24) is 0 Å². The number of carbonyl (C=O) groups is 1. The van der Waals surface area contributed by atoms with Crippen LogP contribution < -0.4 is 137 Å². The fraction of sp³-hybridized carbons (Fsp3) is 0. The topological polar surface area (TPSA) is 141 Å². The number of hydrogen-bond acceptors (Lipinski definition) is 6. The quantitative estimate of drug-likeness (QED) is 0.258. The molecule has 0 fully saturated rings. The first kappa shape index (κ1) is 29.5. The van der Waals surface area contributed by atoms with E-state index >= 15 is 0 Å². The maximum atomic E-state index is 8.52. The van der Waals surface area contributed by atoms with Gasteiger partial charge < -0.3 is 24.1 Å². The second kappa shape index (κ2) is 16.8. The molecule has 0 radical (unpaired) electrons. The molecule has 0 saturated heterocycles. The number of hydrogen-bond donors (Lipinski definition) is 1. The third kappa shape index (κ3) is 177. The molecule has 0 aliphatic rings. The Morgan fingerprint density at radius 3 is 1.17 bits per heavy atom. The van der Waals surface area contributed by atoms with Gasteiger partial charge in [-0.15, -0.1) is 0 Å². The van der Waals surface area contributed by atoms with Gasteiger partial charge in [-0.2, -0.15) is 0 Å². The van der Waals surface area contributed by atoms with Gasteiger partial charge in [0.15, 0.2) is 0 Å². The Morgan fingerprint density at radius 1 is 1.17 bits per heavy atom. The first-order valence-electron chi connectivity index (χ1n) is 1.30. The van der Waals surface area contributed by atoms with Gasteiger partial charge in [-0.3, -0.25) is 8.42 Å². The van der Waals surface area contributed by atoms with E-state index in [1.807, 2.05) is 0 Å². The smallest absolute Gasteiger partial charge is 0.759 e. The van der Waals surface area contributed by atoms with Crippen molar-refractivity contribution in [2.24, 2.45) is 0 Å². The van der Waals surface area contributed by atoms with E-state index in [0.29, 0.717) is 0 Å². The van der Waals surface area contributed by atoms with Crippen LogP contribution in [-0.4, -0.2) is 28.8 Å². The van der Waals surface area contributed by atoms with Crippen molar-refractivity contribution in [1.29, 1.82) is 0 Å². The molecule has 0 saturated carbocycles. The van der Waals surface area contributed by atoms with E-state index in [0.717, 1.165) is 0 Å². The molecule has 0 atom stereocenters. The predicted octanol–water partition coefficient (Wildman–Crippen LogP) is -11.4. The molecule has 0 aromatic carbocycles. The summed E-state index contributed by atoms with van der Waals surface area (Å²) in [5.74, 6) is 0. The third-order valence-electron chi connectivity index (χ3n) is 0. The summed E-state index contributed by atoms with van der Waals surface area (Å²) in [5, 5.41) is 15.3. The van der Waals surface area contributed by atoms with E-state index < -0.39 is 16.6 Å². The summed E-state index contributed by atoms with van der Waals surface area (Å²) in [5.41, 5.74) is 0. The molecular formula is CHK2NaO7S. The molecule has 0 spiro atoms. The van der Waals surface area contributed by atoms with Crippen molar-refractivity contribution in [3.8, 4) is 0 Å². The standard InChI is InChI=1S/CH2O3.2K.Na.H2O4S/c2-1(3)4;;;;1-5(2,3)4/h(H2,2,3,4);;;;(H2,1,2,3,4)/q;3*+1;/p-3. The Kier molecular flexibility index (Phi) is 41.4. The van der Waals surface area contributed by atoms with Crippen LogP contribution in [0, 0.1) is 0 Å². The minimum absolute atomic E-state index is 0. The van der Waals surface area contributed by atoms with Crippen LogP contribution in [0.3, 0.4) is 0 Å². The van der Waals surface area contributed by atoms with Crippen molar-refractivity contribution in [3.63, 3.8) is 0 Å². The molecule has 0 rings (SSSR count). The molecule has 12 heavy (non-hydrogen) atoms. The molecule has 0 aromatic rings. The van der Waals surface area contributed by atoms with Crippen LogP contribution in [-0.2, 0) is 10.4 Å². The van der Waals surface area contributed by atoms with E-state index in [9.17, 15) is 0 Å². The van der Waals surface area contributed by atoms with Gasteiger partial charge in [-0.1, -0.05) is 0 Å². The average Bonchev–Trinajstić information content (AvgIpc) is 1.19. The molecule has 0 aromatic heterocycles. The normalized spacial score (nSPS) is 6.83. The van der Waals surface area contributed by atoms with Crippen LogP contribution in [0.5, 0.6) is 0 Å². The Morgan fingerprint density at radius 2 is 1.17 bits per heavy atom. The maximum absolute atomic E-state index is 8.52. The molecule has 0 bridgehead atoms. The molecule has 7 nitrogen and oxygen atoms in total. The van der Waals surface area contributed by atoms with Gasteiger partial charge in [0.25, 0.3) is 0 Å². The zero-order chi connectivity index (χ0) is 8.08. The largest absolute Gasteiger partial charge is 1.00 e. The maximum Gasteiger partial charge on any atom is 1.00 e. The zero-order valence-corrected chi connectivity index (χ0v) is 15.9. The van der Waals surface area contributed by atoms with E-state index in [-0.39, 0.29) is 132 Å². The van der Waals surface area contributed by atoms with Gasteiger partial charge >= 0.3 is 132 Å². The van der Waals surface area contributed by atoms with Gasteiger partial charge in [0.2, 0.25) is 6.16 Å². The summed E-state index contributed by atoms with van der Waals surface area (Å²) in [6.45, 7) is 0. The van der Waals surface area contributed by atoms with Gasteiger partial charge in [-0.25, -0.2) is 0 Å². The Labute approximate surface area is 176 Å². The van der Waals surface area contributed by atoms with Crippen molar-refractivity contribution in [3.05, 3.63) is 0 Å². The Balaban J connectivity index is -0.0000000221. The van der Waals surface area contributed by atoms with Gasteiger partial charge in [0.05, 0.1) is 0 Å². The predicted molar refractivity (Wildman–Crippen MR) is 18.5 cm³/mol. The molecule has 56 valence electrons. The van der Waals surface area contributed by atoms with Gasteiger partial charge in [0.1, 0.15) is 0 Å². The van der Waals surface area contributed by atoms with Crippen LogP contribution in [0.2, 0.25) is 0 Å². The van der Waals surface area contributed by atoms with E-state index in [4.69, 9.17) is 32.5 Å². The Bertz CT molecular complexity index is 164. The summed E-state index contributed by atoms with van der Waals surface area (Å²) in [6, 6.07) is 0. The summed E-state index contributed by atoms with van der Waals surface area (Å²) in [6.07, 6.45) is -2.08. The van der Waals surface area contributed by atoms with Gasteiger partial charge in [-0.05, 0) is 0 Å². The summed E-state index contributed by atoms with van der Waals surface area (Å²) >= 11 is 0. The third-order valence-corrected chi connectivity index (χ3v) is 0. The molecule has 0 aliphatic carbocycles. The fourth-order valence-electron chi connectivity index (χ4n) is 0. The molecule has 0 heterocycles. The molecule has 1 N–H and O–H groups in total. The van der Waals surface area contributed by atoms with Crippen molar-refractivity contribution < 1.29 is 165 Å². The fourth-order valence-corrected chi connectivity index (χ4v) is 0. The first-order chi connectivity index (χ1) is 3.73. The van der Waals surface area contributed by atoms with Crippen molar-refractivity contribution >= 4 is 16.6 Å². The number of rotatable bonds is 0. The SMILES string of the molecule is O=C([O-])O.O=S(=O)([O-])[O-].[K+].[K+].[Na+]. The van der Waals surface area contributed by atoms with Crippen LogP contribution in [0.4, 0.5) is 4.79 Å². The molecule has 0 aliphatic heterocycles. The van der Waals surface area contributed by atoms with Gasteiger partial charge in [0, 0.05) is 10.4 Å². The van der Waals surface area contributed by atoms with Crippen LogP contribution >= 0.6 is 0 Å². The summed E-state index contributed by atoms with van der Waals surface area (Å²) in [4.78, 5) is 8.44. The van der Waals surface area contributed by atoms with Crippen LogP contribution in [0.15, 0.2) is 0 Å². The van der Waals surface area contributed by atoms with E-state index in [1.165, 1.54) is 0 Å². The van der Waals surface area contributed by atoms with Crippen molar-refractivity contribution in [2.75, 3.05) is 0 Å². The van der Waals surface area contributed by atoms with E-state index in [2.05, 4.69) is 0 Å². The number of carboxylic acid groups (broad SMARTS) is 2. The molecule has 0 unspecified atom stereocenters. The van der Waals surface area contributed by atoms with Crippen LogP contribution in [0.1, 0.15) is 0 Å². The summed E-state index contributed by atoms with van der Waals surface area (Å²) in [7, 11) is -5.17. The first-order valence-corrected chi connectivity index (χ1v) is 2.63. The van der Waals surface area contributed by atoms with E-state index in [1.54, 1.807) is 0 Å².